The summed E-state index contributed by atoms with van der Waals surface area (Å²) >= 11 is 1.40. The predicted molar refractivity (Wildman–Crippen MR) is 129 cm³/mol. The zero-order valence-corrected chi connectivity index (χ0v) is 19.8. The fourth-order valence-electron chi connectivity index (χ4n) is 4.21. The second kappa shape index (κ2) is 11.7. The van der Waals surface area contributed by atoms with Crippen LogP contribution in [0.3, 0.4) is 0 Å². The minimum atomic E-state index is -0.923. The van der Waals surface area contributed by atoms with Crippen molar-refractivity contribution < 1.29 is 24.2 Å². The molecule has 0 spiro atoms. The third-order valence-electron chi connectivity index (χ3n) is 5.75. The van der Waals surface area contributed by atoms with Crippen LogP contribution in [-0.4, -0.2) is 65.2 Å². The van der Waals surface area contributed by atoms with Gasteiger partial charge in [-0.25, -0.2) is 4.79 Å². The van der Waals surface area contributed by atoms with Crippen LogP contribution in [0.15, 0.2) is 48.5 Å². The summed E-state index contributed by atoms with van der Waals surface area (Å²) in [4.78, 5) is 37.0. The number of ether oxygens (including phenoxy) is 1. The molecule has 7 nitrogen and oxygen atoms in total. The molecule has 2 aromatic carbocycles. The Morgan fingerprint density at radius 1 is 1.09 bits per heavy atom. The topological polar surface area (TPSA) is 95.9 Å². The second-order valence-electron chi connectivity index (χ2n) is 7.93. The minimum absolute atomic E-state index is 0.0166. The molecule has 0 aromatic heterocycles. The Hall–Kier alpha value is -3.00. The maximum atomic E-state index is 12.3. The summed E-state index contributed by atoms with van der Waals surface area (Å²) < 4.78 is 5.50. The van der Waals surface area contributed by atoms with Crippen molar-refractivity contribution in [3.63, 3.8) is 0 Å². The molecule has 1 aliphatic rings. The number of benzene rings is 2. The molecule has 2 amide bonds. The molecule has 1 unspecified atom stereocenters. The highest BCUT2D eigenvalue weighted by Gasteiger charge is 2.29. The average Bonchev–Trinajstić information content (AvgIpc) is 3.11. The van der Waals surface area contributed by atoms with Gasteiger partial charge in [-0.05, 0) is 36.1 Å². The van der Waals surface area contributed by atoms with E-state index in [2.05, 4.69) is 29.6 Å². The van der Waals surface area contributed by atoms with E-state index >= 15 is 0 Å². The Morgan fingerprint density at radius 2 is 1.70 bits per heavy atom. The van der Waals surface area contributed by atoms with Gasteiger partial charge in [0, 0.05) is 30.8 Å². The highest BCUT2D eigenvalue weighted by molar-refractivity contribution is 7.99. The summed E-state index contributed by atoms with van der Waals surface area (Å²) in [6, 6.07) is 16.0. The number of carboxylic acid groups (broad SMARTS) is 1. The highest BCUT2D eigenvalue weighted by atomic mass is 32.2. The van der Waals surface area contributed by atoms with E-state index < -0.39 is 12.1 Å². The van der Waals surface area contributed by atoms with E-state index in [4.69, 9.17) is 9.84 Å². The average molecular weight is 471 g/mol. The zero-order chi connectivity index (χ0) is 23.8. The zero-order valence-electron chi connectivity index (χ0n) is 19.0. The van der Waals surface area contributed by atoms with Crippen molar-refractivity contribution in [2.45, 2.75) is 32.2 Å². The van der Waals surface area contributed by atoms with Crippen LogP contribution in [0.4, 0.5) is 4.79 Å². The van der Waals surface area contributed by atoms with Gasteiger partial charge in [-0.3, -0.25) is 9.59 Å². The number of rotatable bonds is 11. The SMILES string of the molecule is CCN(C(=O)CSCCNC(=O)OCC1c2ccccc2-c2ccccc21)C(C)CC(=O)O. The Labute approximate surface area is 198 Å². The highest BCUT2D eigenvalue weighted by Crippen LogP contribution is 2.44. The van der Waals surface area contributed by atoms with Gasteiger partial charge in [-0.15, -0.1) is 0 Å². The van der Waals surface area contributed by atoms with Crippen LogP contribution in [0.5, 0.6) is 0 Å². The molecule has 0 fully saturated rings. The number of carbonyl (C=O) groups is 3. The smallest absolute Gasteiger partial charge is 0.407 e. The first-order chi connectivity index (χ1) is 15.9. The fourth-order valence-corrected chi connectivity index (χ4v) is 4.95. The number of alkyl carbamates (subject to hydrolysis) is 1. The lowest BCUT2D eigenvalue weighted by atomic mass is 9.98. The summed E-state index contributed by atoms with van der Waals surface area (Å²) in [5.41, 5.74) is 4.69. The van der Waals surface area contributed by atoms with E-state index in [-0.39, 0.29) is 36.6 Å². The summed E-state index contributed by atoms with van der Waals surface area (Å²) in [7, 11) is 0. The van der Waals surface area contributed by atoms with Crippen molar-refractivity contribution in [1.29, 1.82) is 0 Å². The van der Waals surface area contributed by atoms with E-state index in [0.29, 0.717) is 18.8 Å². The van der Waals surface area contributed by atoms with Crippen LogP contribution in [0.25, 0.3) is 11.1 Å². The minimum Gasteiger partial charge on any atom is -0.481 e. The van der Waals surface area contributed by atoms with Crippen molar-refractivity contribution in [3.05, 3.63) is 59.7 Å². The number of thioether (sulfide) groups is 1. The fraction of sp³-hybridized carbons (Fsp3) is 0.400. The van der Waals surface area contributed by atoms with E-state index in [1.165, 1.54) is 22.9 Å². The molecular formula is C25H30N2O5S. The van der Waals surface area contributed by atoms with Gasteiger partial charge in [-0.2, -0.15) is 11.8 Å². The molecule has 1 atom stereocenters. The van der Waals surface area contributed by atoms with Gasteiger partial charge in [0.25, 0.3) is 0 Å². The molecule has 176 valence electrons. The van der Waals surface area contributed by atoms with Crippen molar-refractivity contribution >= 4 is 29.7 Å². The molecule has 2 N–H and O–H groups in total. The first-order valence-corrected chi connectivity index (χ1v) is 12.3. The quantitative estimate of drug-likeness (QED) is 0.483. The first-order valence-electron chi connectivity index (χ1n) is 11.1. The second-order valence-corrected chi connectivity index (χ2v) is 9.04. The number of carboxylic acids is 1. The Morgan fingerprint density at radius 3 is 2.27 bits per heavy atom. The van der Waals surface area contributed by atoms with E-state index in [9.17, 15) is 14.4 Å². The van der Waals surface area contributed by atoms with E-state index in [1.807, 2.05) is 31.2 Å². The van der Waals surface area contributed by atoms with Gasteiger partial charge in [0.2, 0.25) is 5.91 Å². The Balaban J connectivity index is 1.39. The summed E-state index contributed by atoms with van der Waals surface area (Å²) in [5.74, 6) is -0.209. The number of aliphatic carboxylic acids is 1. The number of nitrogens with zero attached hydrogens (tertiary/aromatic N) is 1. The van der Waals surface area contributed by atoms with Gasteiger partial charge in [-0.1, -0.05) is 48.5 Å². The van der Waals surface area contributed by atoms with Crippen molar-refractivity contribution in [2.75, 3.05) is 31.2 Å². The molecular weight excluding hydrogens is 440 g/mol. The normalized spacial score (nSPS) is 13.0. The predicted octanol–water partition coefficient (Wildman–Crippen LogP) is 3.97. The van der Waals surface area contributed by atoms with E-state index in [1.54, 1.807) is 11.8 Å². The van der Waals surface area contributed by atoms with Crippen LogP contribution in [0.1, 0.15) is 37.3 Å². The first kappa shape index (κ1) is 24.6. The van der Waals surface area contributed by atoms with Crippen LogP contribution in [0.2, 0.25) is 0 Å². The summed E-state index contributed by atoms with van der Waals surface area (Å²) in [6.45, 7) is 4.67. The molecule has 0 bridgehead atoms. The summed E-state index contributed by atoms with van der Waals surface area (Å²) in [5, 5.41) is 11.7. The number of carbonyl (C=O) groups excluding carboxylic acids is 2. The molecule has 0 radical (unpaired) electrons. The molecule has 33 heavy (non-hydrogen) atoms. The molecule has 0 heterocycles. The standard InChI is InChI=1S/C25H30N2O5S/c1-3-27(17(2)14-24(29)30)23(28)16-33-13-12-26-25(31)32-15-22-20-10-6-4-8-18(20)19-9-5-7-11-21(19)22/h4-11,17,22H,3,12-16H2,1-2H3,(H,26,31)(H,29,30). The van der Waals surface area contributed by atoms with E-state index in [0.717, 1.165) is 11.1 Å². The lowest BCUT2D eigenvalue weighted by Gasteiger charge is -2.27. The van der Waals surface area contributed by atoms with Crippen molar-refractivity contribution in [3.8, 4) is 11.1 Å². The third kappa shape index (κ3) is 6.28. The number of hydrogen-bond donors (Lipinski definition) is 2. The Kier molecular flexibility index (Phi) is 8.77. The summed E-state index contributed by atoms with van der Waals surface area (Å²) in [6.07, 6.45) is -0.554. The van der Waals surface area contributed by atoms with Crippen molar-refractivity contribution in [2.24, 2.45) is 0 Å². The van der Waals surface area contributed by atoms with Gasteiger partial charge in [0.05, 0.1) is 12.2 Å². The van der Waals surface area contributed by atoms with Gasteiger partial charge < -0.3 is 20.1 Å². The molecule has 0 aliphatic heterocycles. The lowest BCUT2D eigenvalue weighted by Crippen LogP contribution is -2.40. The number of fused-ring (bicyclic) bond motifs is 3. The molecule has 8 heteroatoms. The number of nitrogens with one attached hydrogen (secondary N) is 1. The van der Waals surface area contributed by atoms with Crippen LogP contribution in [-0.2, 0) is 14.3 Å². The molecule has 2 aromatic rings. The van der Waals surface area contributed by atoms with Gasteiger partial charge in [0.1, 0.15) is 6.61 Å². The van der Waals surface area contributed by atoms with Crippen LogP contribution in [0, 0.1) is 0 Å². The largest absolute Gasteiger partial charge is 0.481 e. The monoisotopic (exact) mass is 470 g/mol. The number of amides is 2. The van der Waals surface area contributed by atoms with Crippen LogP contribution >= 0.6 is 11.8 Å². The van der Waals surface area contributed by atoms with Gasteiger partial charge in [0.15, 0.2) is 0 Å². The molecule has 1 aliphatic carbocycles. The molecule has 0 saturated carbocycles. The number of hydrogen-bond acceptors (Lipinski definition) is 5. The molecule has 0 saturated heterocycles. The third-order valence-corrected chi connectivity index (χ3v) is 6.69. The Bertz CT molecular complexity index is 951. The maximum absolute atomic E-state index is 12.3. The van der Waals surface area contributed by atoms with Crippen molar-refractivity contribution in [1.82, 2.24) is 10.2 Å². The molecule has 3 rings (SSSR count). The maximum Gasteiger partial charge on any atom is 0.407 e. The lowest BCUT2D eigenvalue weighted by molar-refractivity contribution is -0.139. The van der Waals surface area contributed by atoms with Gasteiger partial charge >= 0.3 is 12.1 Å². The van der Waals surface area contributed by atoms with Crippen LogP contribution < -0.4 is 5.32 Å².